The minimum atomic E-state index is -4.19. The van der Waals surface area contributed by atoms with Crippen molar-refractivity contribution in [1.29, 1.82) is 0 Å². The van der Waals surface area contributed by atoms with Crippen LogP contribution in [0.5, 0.6) is 0 Å². The number of hydrogen-bond acceptors (Lipinski definition) is 7. The zero-order valence-electron chi connectivity index (χ0n) is 25.4. The zero-order chi connectivity index (χ0) is 31.5. The lowest BCUT2D eigenvalue weighted by Gasteiger charge is -2.45. The van der Waals surface area contributed by atoms with E-state index in [9.17, 15) is 8.42 Å². The largest absolute Gasteiger partial charge is 0.374 e. The number of hydrogen-bond donors (Lipinski definition) is 0. The highest BCUT2D eigenvalue weighted by atomic mass is 32.2. The fourth-order valence-corrected chi connectivity index (χ4v) is 6.40. The first kappa shape index (κ1) is 32.8. The molecule has 4 aromatic carbocycles. The molecule has 236 valence electrons. The molecule has 0 amide bonds. The average molecular weight is 629 g/mol. The maximum atomic E-state index is 13.7. The fourth-order valence-electron chi connectivity index (χ4n) is 5.29. The van der Waals surface area contributed by atoms with E-state index < -0.39 is 40.6 Å². The van der Waals surface area contributed by atoms with Crippen molar-refractivity contribution in [3.05, 3.63) is 150 Å². The van der Waals surface area contributed by atoms with E-state index in [0.717, 1.165) is 22.3 Å². The van der Waals surface area contributed by atoms with Crippen LogP contribution in [0.25, 0.3) is 0 Å². The molecule has 0 spiro atoms. The van der Waals surface area contributed by atoms with Gasteiger partial charge in [-0.1, -0.05) is 115 Å². The Bertz CT molecular complexity index is 1560. The minimum absolute atomic E-state index is 0.0577. The van der Waals surface area contributed by atoms with Crippen molar-refractivity contribution in [3.63, 3.8) is 0 Å². The van der Waals surface area contributed by atoms with E-state index in [2.05, 4.69) is 6.58 Å². The second-order valence-electron chi connectivity index (χ2n) is 11.1. The molecule has 8 heteroatoms. The SMILES string of the molecule is C=CC[C@H]1O[C@H](COCc2ccccc2)[C@@H](OCc2ccccc2)[C@H](OCc2ccccc2)[C@@H]1OS(=O)(=O)c1ccc(C)cc1. The highest BCUT2D eigenvalue weighted by Crippen LogP contribution is 2.34. The van der Waals surface area contributed by atoms with Crippen LogP contribution in [-0.2, 0) is 53.1 Å². The summed E-state index contributed by atoms with van der Waals surface area (Å²) in [5.41, 5.74) is 3.86. The molecule has 1 fully saturated rings. The number of benzene rings is 4. The Morgan fingerprint density at radius 1 is 0.667 bits per heavy atom. The summed E-state index contributed by atoms with van der Waals surface area (Å²) in [6.45, 7) is 6.87. The summed E-state index contributed by atoms with van der Waals surface area (Å²) in [6.07, 6.45) is -1.80. The molecule has 1 aliphatic heterocycles. The molecule has 0 aromatic heterocycles. The molecule has 0 unspecified atom stereocenters. The monoisotopic (exact) mass is 628 g/mol. The van der Waals surface area contributed by atoms with Crippen LogP contribution < -0.4 is 0 Å². The van der Waals surface area contributed by atoms with E-state index in [1.807, 2.05) is 97.9 Å². The standard InChI is InChI=1S/C37H40O7S/c1-3-13-33-36(44-45(38,39)32-22-20-28(2)21-23-32)37(42-26-31-18-11-6-12-19-31)35(41-25-30-16-9-5-10-17-30)34(43-33)27-40-24-29-14-7-4-8-15-29/h3-12,14-23,33-37H,1,13,24-27H2,2H3/t33-,34-,35-,36-,37+/m1/s1. The van der Waals surface area contributed by atoms with Crippen molar-refractivity contribution < 1.29 is 31.5 Å². The molecule has 7 nitrogen and oxygen atoms in total. The third-order valence-electron chi connectivity index (χ3n) is 7.64. The highest BCUT2D eigenvalue weighted by Gasteiger charge is 2.49. The Hall–Kier alpha value is -3.63. The normalized spacial score (nSPS) is 21.8. The van der Waals surface area contributed by atoms with Gasteiger partial charge in [0.1, 0.15) is 24.4 Å². The van der Waals surface area contributed by atoms with Gasteiger partial charge >= 0.3 is 0 Å². The maximum absolute atomic E-state index is 13.7. The molecular formula is C37H40O7S. The maximum Gasteiger partial charge on any atom is 0.297 e. The quantitative estimate of drug-likeness (QED) is 0.106. The lowest BCUT2D eigenvalue weighted by atomic mass is 9.93. The van der Waals surface area contributed by atoms with Crippen LogP contribution in [0.15, 0.2) is 133 Å². The van der Waals surface area contributed by atoms with E-state index in [1.54, 1.807) is 30.3 Å². The molecule has 5 atom stereocenters. The van der Waals surface area contributed by atoms with E-state index in [4.69, 9.17) is 23.1 Å². The molecule has 4 aromatic rings. The molecular weight excluding hydrogens is 588 g/mol. The molecule has 0 bridgehead atoms. The van der Waals surface area contributed by atoms with Crippen molar-refractivity contribution in [2.45, 2.75) is 68.6 Å². The zero-order valence-corrected chi connectivity index (χ0v) is 26.3. The second kappa shape index (κ2) is 16.1. The lowest BCUT2D eigenvalue weighted by molar-refractivity contribution is -0.254. The molecule has 0 N–H and O–H groups in total. The van der Waals surface area contributed by atoms with E-state index in [0.29, 0.717) is 13.0 Å². The highest BCUT2D eigenvalue weighted by molar-refractivity contribution is 7.86. The summed E-state index contributed by atoms with van der Waals surface area (Å²) in [6, 6.07) is 35.9. The minimum Gasteiger partial charge on any atom is -0.374 e. The van der Waals surface area contributed by atoms with Crippen LogP contribution in [0.1, 0.15) is 28.7 Å². The predicted molar refractivity (Wildman–Crippen MR) is 173 cm³/mol. The van der Waals surface area contributed by atoms with Crippen molar-refractivity contribution in [2.75, 3.05) is 6.61 Å². The first-order chi connectivity index (χ1) is 21.9. The number of ether oxygens (including phenoxy) is 4. The van der Waals surface area contributed by atoms with Crippen LogP contribution in [0.3, 0.4) is 0 Å². The topological polar surface area (TPSA) is 80.3 Å². The Morgan fingerprint density at radius 3 is 1.71 bits per heavy atom. The van der Waals surface area contributed by atoms with Gasteiger partial charge in [0.15, 0.2) is 0 Å². The Morgan fingerprint density at radius 2 is 1.18 bits per heavy atom. The number of aryl methyl sites for hydroxylation is 1. The summed E-state index contributed by atoms with van der Waals surface area (Å²) in [5, 5.41) is 0. The first-order valence-electron chi connectivity index (χ1n) is 15.1. The van der Waals surface area contributed by atoms with Crippen molar-refractivity contribution in [1.82, 2.24) is 0 Å². The van der Waals surface area contributed by atoms with Gasteiger partial charge in [-0.3, -0.25) is 4.18 Å². The van der Waals surface area contributed by atoms with Crippen LogP contribution in [-0.4, -0.2) is 45.5 Å². The Balaban J connectivity index is 1.47. The summed E-state index contributed by atoms with van der Waals surface area (Å²) in [7, 11) is -4.19. The molecule has 5 rings (SSSR count). The first-order valence-corrected chi connectivity index (χ1v) is 16.5. The molecule has 1 heterocycles. The molecule has 0 radical (unpaired) electrons. The van der Waals surface area contributed by atoms with Gasteiger partial charge in [0.2, 0.25) is 0 Å². The van der Waals surface area contributed by atoms with E-state index >= 15 is 0 Å². The molecule has 1 aliphatic rings. The third-order valence-corrected chi connectivity index (χ3v) is 8.97. The van der Waals surface area contributed by atoms with Crippen LogP contribution in [0.2, 0.25) is 0 Å². The third kappa shape index (κ3) is 9.20. The van der Waals surface area contributed by atoms with Gasteiger partial charge in [0, 0.05) is 0 Å². The van der Waals surface area contributed by atoms with Crippen molar-refractivity contribution in [2.24, 2.45) is 0 Å². The van der Waals surface area contributed by atoms with E-state index in [1.165, 1.54) is 0 Å². The van der Waals surface area contributed by atoms with Gasteiger partial charge < -0.3 is 18.9 Å². The molecule has 45 heavy (non-hydrogen) atoms. The summed E-state index contributed by atoms with van der Waals surface area (Å²) < 4.78 is 59.2. The van der Waals surface area contributed by atoms with Gasteiger partial charge in [0.25, 0.3) is 10.1 Å². The molecule has 1 saturated heterocycles. The van der Waals surface area contributed by atoms with Gasteiger partial charge in [-0.15, -0.1) is 6.58 Å². The summed E-state index contributed by atoms with van der Waals surface area (Å²) in [5.74, 6) is 0. The predicted octanol–water partition coefficient (Wildman–Crippen LogP) is 6.80. The summed E-state index contributed by atoms with van der Waals surface area (Å²) in [4.78, 5) is 0.0577. The van der Waals surface area contributed by atoms with Crippen molar-refractivity contribution in [3.8, 4) is 0 Å². The van der Waals surface area contributed by atoms with Crippen LogP contribution in [0.4, 0.5) is 0 Å². The van der Waals surface area contributed by atoms with E-state index in [-0.39, 0.29) is 24.7 Å². The van der Waals surface area contributed by atoms with Crippen LogP contribution >= 0.6 is 0 Å². The van der Waals surface area contributed by atoms with Crippen molar-refractivity contribution >= 4 is 10.1 Å². The molecule has 0 saturated carbocycles. The lowest BCUT2D eigenvalue weighted by Crippen LogP contribution is -2.61. The summed E-state index contributed by atoms with van der Waals surface area (Å²) >= 11 is 0. The molecule has 0 aliphatic carbocycles. The number of rotatable bonds is 15. The van der Waals surface area contributed by atoms with Gasteiger partial charge in [-0.05, 0) is 42.2 Å². The Kier molecular flexibility index (Phi) is 11.7. The smallest absolute Gasteiger partial charge is 0.297 e. The second-order valence-corrected chi connectivity index (χ2v) is 12.7. The fraction of sp³-hybridized carbons (Fsp3) is 0.297. The van der Waals surface area contributed by atoms with Crippen LogP contribution in [0, 0.1) is 6.92 Å². The van der Waals surface area contributed by atoms with Gasteiger partial charge in [-0.25, -0.2) is 0 Å². The average Bonchev–Trinajstić information content (AvgIpc) is 3.06. The Labute approximate surface area is 266 Å². The van der Waals surface area contributed by atoms with Gasteiger partial charge in [0.05, 0.1) is 37.4 Å². The van der Waals surface area contributed by atoms with Gasteiger partial charge in [-0.2, -0.15) is 8.42 Å².